The molecule has 2 rings (SSSR count). The Labute approximate surface area is 124 Å². The number of nitrogens with zero attached hydrogens (tertiary/aromatic N) is 1. The van der Waals surface area contributed by atoms with Crippen molar-refractivity contribution in [2.24, 2.45) is 0 Å². The molecule has 0 bridgehead atoms. The van der Waals surface area contributed by atoms with Gasteiger partial charge in [0.15, 0.2) is 0 Å². The van der Waals surface area contributed by atoms with Crippen molar-refractivity contribution in [1.82, 2.24) is 10.5 Å². The highest BCUT2D eigenvalue weighted by atomic mass is 19.1. The second-order valence-electron chi connectivity index (χ2n) is 5.05. The fraction of sp³-hybridized carbons (Fsp3) is 0.438. The van der Waals surface area contributed by atoms with Gasteiger partial charge in [0.2, 0.25) is 0 Å². The zero-order valence-electron chi connectivity index (χ0n) is 12.9. The molecule has 0 fully saturated rings. The maximum absolute atomic E-state index is 14.1. The Morgan fingerprint density at radius 1 is 1.38 bits per heavy atom. The first kappa shape index (κ1) is 15.5. The Kier molecular flexibility index (Phi) is 4.96. The molecule has 1 aromatic heterocycles. The van der Waals surface area contributed by atoms with E-state index >= 15 is 0 Å². The van der Waals surface area contributed by atoms with Crippen LogP contribution in [0.1, 0.15) is 42.5 Å². The molecule has 0 radical (unpaired) electrons. The Morgan fingerprint density at radius 3 is 2.71 bits per heavy atom. The van der Waals surface area contributed by atoms with Gasteiger partial charge in [0.25, 0.3) is 0 Å². The van der Waals surface area contributed by atoms with E-state index in [9.17, 15) is 4.39 Å². The summed E-state index contributed by atoms with van der Waals surface area (Å²) in [4.78, 5) is 0. The van der Waals surface area contributed by atoms with Crippen molar-refractivity contribution in [2.45, 2.75) is 40.3 Å². The molecule has 0 spiro atoms. The van der Waals surface area contributed by atoms with Crippen LogP contribution in [0.5, 0.6) is 5.75 Å². The van der Waals surface area contributed by atoms with E-state index in [4.69, 9.17) is 9.26 Å². The number of hydrogen-bond donors (Lipinski definition) is 1. The SMILES string of the molecule is CCNC(C)c1ccc(OCc2c(C)noc2C)cc1F. The van der Waals surface area contributed by atoms with Gasteiger partial charge < -0.3 is 14.6 Å². The first-order chi connectivity index (χ1) is 10.0. The Morgan fingerprint density at radius 2 is 2.14 bits per heavy atom. The first-order valence-corrected chi connectivity index (χ1v) is 7.10. The molecule has 4 nitrogen and oxygen atoms in total. The van der Waals surface area contributed by atoms with Gasteiger partial charge in [0.05, 0.1) is 11.3 Å². The molecule has 0 aliphatic rings. The number of ether oxygens (including phenoxy) is 1. The molecule has 1 atom stereocenters. The third-order valence-electron chi connectivity index (χ3n) is 3.51. The van der Waals surface area contributed by atoms with E-state index in [1.807, 2.05) is 27.7 Å². The van der Waals surface area contributed by atoms with Crippen molar-refractivity contribution >= 4 is 0 Å². The molecule has 2 aromatic rings. The first-order valence-electron chi connectivity index (χ1n) is 7.10. The minimum absolute atomic E-state index is 0.0217. The third kappa shape index (κ3) is 3.61. The summed E-state index contributed by atoms with van der Waals surface area (Å²) in [5.74, 6) is 0.963. The van der Waals surface area contributed by atoms with Crippen molar-refractivity contribution in [3.63, 3.8) is 0 Å². The highest BCUT2D eigenvalue weighted by molar-refractivity contribution is 5.31. The highest BCUT2D eigenvalue weighted by Crippen LogP contribution is 2.23. The number of halogens is 1. The third-order valence-corrected chi connectivity index (χ3v) is 3.51. The van der Waals surface area contributed by atoms with Crippen LogP contribution in [0, 0.1) is 19.7 Å². The van der Waals surface area contributed by atoms with Crippen LogP contribution in [0.25, 0.3) is 0 Å². The molecular formula is C16H21FN2O2. The lowest BCUT2D eigenvalue weighted by Crippen LogP contribution is -2.18. The van der Waals surface area contributed by atoms with Crippen LogP contribution in [0.15, 0.2) is 22.7 Å². The van der Waals surface area contributed by atoms with Crippen LogP contribution in [-0.2, 0) is 6.61 Å². The molecular weight excluding hydrogens is 271 g/mol. The normalized spacial score (nSPS) is 12.4. The number of benzene rings is 1. The van der Waals surface area contributed by atoms with Gasteiger partial charge in [0, 0.05) is 17.7 Å². The lowest BCUT2D eigenvalue weighted by atomic mass is 10.1. The summed E-state index contributed by atoms with van der Waals surface area (Å²) in [6.45, 7) is 8.74. The zero-order chi connectivity index (χ0) is 15.4. The predicted molar refractivity (Wildman–Crippen MR) is 78.8 cm³/mol. The summed E-state index contributed by atoms with van der Waals surface area (Å²) in [5.41, 5.74) is 2.34. The molecule has 0 saturated carbocycles. The molecule has 1 N–H and O–H groups in total. The van der Waals surface area contributed by atoms with Crippen LogP contribution >= 0.6 is 0 Å². The number of aromatic nitrogens is 1. The maximum atomic E-state index is 14.1. The molecule has 0 amide bonds. The van der Waals surface area contributed by atoms with Crippen molar-refractivity contribution in [3.8, 4) is 5.75 Å². The molecule has 1 heterocycles. The van der Waals surface area contributed by atoms with E-state index in [0.717, 1.165) is 23.6 Å². The quantitative estimate of drug-likeness (QED) is 0.882. The van der Waals surface area contributed by atoms with Gasteiger partial charge in [0.1, 0.15) is 23.9 Å². The van der Waals surface area contributed by atoms with E-state index < -0.39 is 0 Å². The summed E-state index contributed by atoms with van der Waals surface area (Å²) in [7, 11) is 0. The average Bonchev–Trinajstić information content (AvgIpc) is 2.76. The molecule has 114 valence electrons. The van der Waals surface area contributed by atoms with Gasteiger partial charge in [-0.25, -0.2) is 4.39 Å². The summed E-state index contributed by atoms with van der Waals surface area (Å²) < 4.78 is 24.8. The van der Waals surface area contributed by atoms with E-state index in [-0.39, 0.29) is 11.9 Å². The molecule has 21 heavy (non-hydrogen) atoms. The zero-order valence-corrected chi connectivity index (χ0v) is 12.9. The molecule has 5 heteroatoms. The van der Waals surface area contributed by atoms with Gasteiger partial charge in [-0.15, -0.1) is 0 Å². The highest BCUT2D eigenvalue weighted by Gasteiger charge is 2.13. The van der Waals surface area contributed by atoms with Crippen LogP contribution in [0.2, 0.25) is 0 Å². The van der Waals surface area contributed by atoms with Crippen molar-refractivity contribution < 1.29 is 13.7 Å². The van der Waals surface area contributed by atoms with Crippen LogP contribution in [0.4, 0.5) is 4.39 Å². The average molecular weight is 292 g/mol. The fourth-order valence-electron chi connectivity index (χ4n) is 2.23. The second kappa shape index (κ2) is 6.72. The maximum Gasteiger partial charge on any atom is 0.140 e. The van der Waals surface area contributed by atoms with Gasteiger partial charge in [-0.2, -0.15) is 0 Å². The van der Waals surface area contributed by atoms with Gasteiger partial charge in [-0.1, -0.05) is 18.1 Å². The van der Waals surface area contributed by atoms with E-state index in [0.29, 0.717) is 17.9 Å². The lowest BCUT2D eigenvalue weighted by molar-refractivity contribution is 0.300. The Bertz CT molecular complexity index is 591. The van der Waals surface area contributed by atoms with Gasteiger partial charge in [-0.05, 0) is 33.4 Å². The second-order valence-corrected chi connectivity index (χ2v) is 5.05. The molecule has 0 aliphatic heterocycles. The minimum atomic E-state index is -0.264. The summed E-state index contributed by atoms with van der Waals surface area (Å²) in [6, 6.07) is 4.93. The van der Waals surface area contributed by atoms with Crippen LogP contribution < -0.4 is 10.1 Å². The van der Waals surface area contributed by atoms with Crippen LogP contribution in [0.3, 0.4) is 0 Å². The minimum Gasteiger partial charge on any atom is -0.489 e. The molecule has 1 aromatic carbocycles. The largest absolute Gasteiger partial charge is 0.489 e. The molecule has 1 unspecified atom stereocenters. The fourth-order valence-corrected chi connectivity index (χ4v) is 2.23. The Balaban J connectivity index is 2.07. The summed E-state index contributed by atoms with van der Waals surface area (Å²) in [5, 5.41) is 7.06. The van der Waals surface area contributed by atoms with Crippen molar-refractivity contribution in [1.29, 1.82) is 0 Å². The van der Waals surface area contributed by atoms with E-state index in [1.54, 1.807) is 12.1 Å². The number of nitrogens with one attached hydrogen (secondary N) is 1. The number of hydrogen-bond acceptors (Lipinski definition) is 4. The monoisotopic (exact) mass is 292 g/mol. The standard InChI is InChI=1S/C16H21FN2O2/c1-5-18-10(2)14-7-6-13(8-16(14)17)20-9-15-11(3)19-21-12(15)4/h6-8,10,18H,5,9H2,1-4H3. The van der Waals surface area contributed by atoms with Crippen molar-refractivity contribution in [3.05, 3.63) is 46.6 Å². The van der Waals surface area contributed by atoms with Crippen molar-refractivity contribution in [2.75, 3.05) is 6.54 Å². The van der Waals surface area contributed by atoms with E-state index in [1.165, 1.54) is 6.07 Å². The summed E-state index contributed by atoms with van der Waals surface area (Å²) >= 11 is 0. The summed E-state index contributed by atoms with van der Waals surface area (Å²) in [6.07, 6.45) is 0. The lowest BCUT2D eigenvalue weighted by Gasteiger charge is -2.14. The van der Waals surface area contributed by atoms with Gasteiger partial charge in [-0.3, -0.25) is 0 Å². The number of aryl methyl sites for hydroxylation is 2. The molecule has 0 aliphatic carbocycles. The van der Waals surface area contributed by atoms with Crippen LogP contribution in [-0.4, -0.2) is 11.7 Å². The van der Waals surface area contributed by atoms with E-state index in [2.05, 4.69) is 10.5 Å². The smallest absolute Gasteiger partial charge is 0.140 e. The number of rotatable bonds is 6. The Hall–Kier alpha value is -1.88. The molecule has 0 saturated heterocycles. The topological polar surface area (TPSA) is 47.3 Å². The predicted octanol–water partition coefficient (Wildman–Crippen LogP) is 3.68. The van der Waals surface area contributed by atoms with Gasteiger partial charge >= 0.3 is 0 Å².